The molecule has 2 fully saturated rings. The molecule has 1 atom stereocenters. The molecule has 6 nitrogen and oxygen atoms in total. The monoisotopic (exact) mass is 420 g/mol. The quantitative estimate of drug-likeness (QED) is 0.414. The highest BCUT2D eigenvalue weighted by Gasteiger charge is 2.19. The summed E-state index contributed by atoms with van der Waals surface area (Å²) in [5.74, 6) is 8.69. The maximum absolute atomic E-state index is 5.93. The first kappa shape index (κ1) is 21.6. The number of ether oxygens (including phenoxy) is 2. The van der Waals surface area contributed by atoms with Crippen LogP contribution in [0.15, 0.2) is 24.3 Å². The number of benzene rings is 1. The van der Waals surface area contributed by atoms with Crippen molar-refractivity contribution >= 4 is 5.82 Å². The first-order chi connectivity index (χ1) is 15.1. The maximum atomic E-state index is 5.93. The molecule has 0 amide bonds. The van der Waals surface area contributed by atoms with Crippen LogP contribution in [0.3, 0.4) is 0 Å². The first-order valence-electron chi connectivity index (χ1n) is 11.3. The Balaban J connectivity index is 1.55. The molecule has 0 radical (unpaired) electrons. The molecule has 0 spiro atoms. The Kier molecular flexibility index (Phi) is 7.06. The number of rotatable bonds is 7. The standard InChI is InChI=1S/C25H32N4O2/c1-4-30-17-31-23-15-20(10-9-19-7-8-19)11-12-22(23)25-18(2)14-24(27-28-25)26-21-6-5-13-29(3)16-21/h11-12,14-15,19,21H,4-8,13,16-17H2,1-3H3,(H,26,27). The number of hydrogen-bond acceptors (Lipinski definition) is 6. The molecule has 1 aromatic carbocycles. The van der Waals surface area contributed by atoms with Crippen LogP contribution in [0.4, 0.5) is 5.82 Å². The van der Waals surface area contributed by atoms with Crippen molar-refractivity contribution in [1.29, 1.82) is 0 Å². The highest BCUT2D eigenvalue weighted by molar-refractivity contribution is 5.71. The number of piperidine rings is 1. The van der Waals surface area contributed by atoms with E-state index >= 15 is 0 Å². The lowest BCUT2D eigenvalue weighted by Crippen LogP contribution is -2.39. The SMILES string of the molecule is CCOCOc1cc(C#CC2CC2)ccc1-c1nnc(NC2CCCN(C)C2)cc1C. The molecule has 164 valence electrons. The van der Waals surface area contributed by atoms with E-state index in [-0.39, 0.29) is 6.79 Å². The van der Waals surface area contributed by atoms with E-state index in [4.69, 9.17) is 9.47 Å². The van der Waals surface area contributed by atoms with Gasteiger partial charge in [-0.15, -0.1) is 10.2 Å². The number of aromatic nitrogens is 2. The van der Waals surface area contributed by atoms with E-state index < -0.39 is 0 Å². The molecular weight excluding hydrogens is 388 g/mol. The van der Waals surface area contributed by atoms with Crippen molar-refractivity contribution in [2.24, 2.45) is 5.92 Å². The van der Waals surface area contributed by atoms with E-state index in [1.165, 1.54) is 19.3 Å². The summed E-state index contributed by atoms with van der Waals surface area (Å²) in [6.45, 7) is 7.01. The van der Waals surface area contributed by atoms with Gasteiger partial charge in [-0.05, 0) is 83.0 Å². The molecule has 1 saturated carbocycles. The fourth-order valence-electron chi connectivity index (χ4n) is 3.83. The van der Waals surface area contributed by atoms with Gasteiger partial charge in [0.05, 0.1) is 5.69 Å². The smallest absolute Gasteiger partial charge is 0.189 e. The zero-order valence-electron chi connectivity index (χ0n) is 18.8. The van der Waals surface area contributed by atoms with E-state index in [1.807, 2.05) is 25.1 Å². The van der Waals surface area contributed by atoms with Gasteiger partial charge in [0.1, 0.15) is 11.6 Å². The van der Waals surface area contributed by atoms with Crippen LogP contribution >= 0.6 is 0 Å². The lowest BCUT2D eigenvalue weighted by molar-refractivity contribution is 0.0227. The lowest BCUT2D eigenvalue weighted by atomic mass is 10.0. The topological polar surface area (TPSA) is 59.5 Å². The largest absolute Gasteiger partial charge is 0.467 e. The molecule has 1 aromatic heterocycles. The average molecular weight is 421 g/mol. The predicted octanol–water partition coefficient (Wildman–Crippen LogP) is 4.09. The van der Waals surface area contributed by atoms with Crippen molar-refractivity contribution in [3.05, 3.63) is 35.4 Å². The Morgan fingerprint density at radius 2 is 2.06 bits per heavy atom. The minimum Gasteiger partial charge on any atom is -0.467 e. The van der Waals surface area contributed by atoms with Crippen molar-refractivity contribution < 1.29 is 9.47 Å². The van der Waals surface area contributed by atoms with Crippen LogP contribution in [-0.2, 0) is 4.74 Å². The van der Waals surface area contributed by atoms with Crippen LogP contribution in [0.25, 0.3) is 11.3 Å². The summed E-state index contributed by atoms with van der Waals surface area (Å²) in [7, 11) is 2.16. The highest BCUT2D eigenvalue weighted by Crippen LogP contribution is 2.33. The second kappa shape index (κ2) is 10.1. The van der Waals surface area contributed by atoms with Crippen LogP contribution in [0, 0.1) is 24.7 Å². The second-order valence-corrected chi connectivity index (χ2v) is 8.52. The van der Waals surface area contributed by atoms with Gasteiger partial charge < -0.3 is 19.7 Å². The molecule has 31 heavy (non-hydrogen) atoms. The van der Waals surface area contributed by atoms with Gasteiger partial charge in [0.25, 0.3) is 0 Å². The van der Waals surface area contributed by atoms with Crippen LogP contribution in [0.5, 0.6) is 5.75 Å². The van der Waals surface area contributed by atoms with Crippen LogP contribution in [0.2, 0.25) is 0 Å². The summed E-state index contributed by atoms with van der Waals surface area (Å²) in [4.78, 5) is 2.35. The summed E-state index contributed by atoms with van der Waals surface area (Å²) in [5, 5.41) is 12.6. The molecule has 1 saturated heterocycles. The van der Waals surface area contributed by atoms with Gasteiger partial charge in [0.2, 0.25) is 0 Å². The summed E-state index contributed by atoms with van der Waals surface area (Å²) in [5.41, 5.74) is 3.73. The Morgan fingerprint density at radius 1 is 1.19 bits per heavy atom. The van der Waals surface area contributed by atoms with Gasteiger partial charge in [-0.25, -0.2) is 0 Å². The number of likely N-dealkylation sites (N-methyl/N-ethyl adjacent to an activating group) is 1. The molecule has 1 N–H and O–H groups in total. The molecule has 2 aliphatic rings. The van der Waals surface area contributed by atoms with Crippen molar-refractivity contribution in [2.45, 2.75) is 45.6 Å². The number of nitrogens with zero attached hydrogens (tertiary/aromatic N) is 3. The second-order valence-electron chi connectivity index (χ2n) is 8.52. The van der Waals surface area contributed by atoms with E-state index in [2.05, 4.69) is 52.3 Å². The summed E-state index contributed by atoms with van der Waals surface area (Å²) < 4.78 is 11.3. The van der Waals surface area contributed by atoms with E-state index in [0.29, 0.717) is 18.6 Å². The van der Waals surface area contributed by atoms with Crippen LogP contribution < -0.4 is 10.1 Å². The molecule has 2 aromatic rings. The molecule has 1 aliphatic carbocycles. The lowest BCUT2D eigenvalue weighted by Gasteiger charge is -2.30. The number of hydrogen-bond donors (Lipinski definition) is 1. The van der Waals surface area contributed by atoms with Crippen molar-refractivity contribution in [3.8, 4) is 28.8 Å². The fraction of sp³-hybridized carbons (Fsp3) is 0.520. The molecule has 4 rings (SSSR count). The zero-order chi connectivity index (χ0) is 21.6. The van der Waals surface area contributed by atoms with Gasteiger partial charge in [-0.1, -0.05) is 11.8 Å². The summed E-state index contributed by atoms with van der Waals surface area (Å²) in [6.07, 6.45) is 4.79. The number of aryl methyl sites for hydroxylation is 1. The molecule has 2 heterocycles. The third kappa shape index (κ3) is 5.96. The Labute approximate surface area is 185 Å². The number of nitrogens with one attached hydrogen (secondary N) is 1. The van der Waals surface area contributed by atoms with Gasteiger partial charge in [0.15, 0.2) is 6.79 Å². The van der Waals surface area contributed by atoms with E-state index in [0.717, 1.165) is 53.5 Å². The molecule has 1 unspecified atom stereocenters. The average Bonchev–Trinajstić information content (AvgIpc) is 3.58. The van der Waals surface area contributed by atoms with Crippen LogP contribution in [-0.4, -0.2) is 54.7 Å². The fourth-order valence-corrected chi connectivity index (χ4v) is 3.83. The zero-order valence-corrected chi connectivity index (χ0v) is 18.8. The third-order valence-corrected chi connectivity index (χ3v) is 5.70. The number of anilines is 1. The molecular formula is C25H32N4O2. The molecule has 0 bridgehead atoms. The van der Waals surface area contributed by atoms with Crippen molar-refractivity contribution in [3.63, 3.8) is 0 Å². The van der Waals surface area contributed by atoms with Crippen molar-refractivity contribution in [2.75, 3.05) is 38.9 Å². The Hall–Kier alpha value is -2.62. The predicted molar refractivity (Wildman–Crippen MR) is 123 cm³/mol. The minimum absolute atomic E-state index is 0.199. The third-order valence-electron chi connectivity index (χ3n) is 5.70. The maximum Gasteiger partial charge on any atom is 0.189 e. The Morgan fingerprint density at radius 3 is 2.81 bits per heavy atom. The molecule has 6 heteroatoms. The van der Waals surface area contributed by atoms with Gasteiger partial charge in [-0.3, -0.25) is 0 Å². The summed E-state index contributed by atoms with van der Waals surface area (Å²) >= 11 is 0. The van der Waals surface area contributed by atoms with Gasteiger partial charge >= 0.3 is 0 Å². The van der Waals surface area contributed by atoms with Crippen LogP contribution in [0.1, 0.15) is 43.7 Å². The summed E-state index contributed by atoms with van der Waals surface area (Å²) in [6, 6.07) is 8.52. The van der Waals surface area contributed by atoms with Crippen molar-refractivity contribution in [1.82, 2.24) is 15.1 Å². The Bertz CT molecular complexity index is 962. The minimum atomic E-state index is 0.199. The van der Waals surface area contributed by atoms with Gasteiger partial charge in [0, 0.05) is 36.2 Å². The van der Waals surface area contributed by atoms with E-state index in [9.17, 15) is 0 Å². The highest BCUT2D eigenvalue weighted by atomic mass is 16.7. The number of likely N-dealkylation sites (tertiary alicyclic amines) is 1. The van der Waals surface area contributed by atoms with Gasteiger partial charge in [-0.2, -0.15) is 0 Å². The normalized spacial score (nSPS) is 18.9. The van der Waals surface area contributed by atoms with E-state index in [1.54, 1.807) is 0 Å². The first-order valence-corrected chi connectivity index (χ1v) is 11.3. The molecule has 1 aliphatic heterocycles.